The number of anilines is 2. The van der Waals surface area contributed by atoms with Crippen molar-refractivity contribution in [3.8, 4) is 11.5 Å². The zero-order valence-corrected chi connectivity index (χ0v) is 18.1. The Morgan fingerprint density at radius 3 is 2.66 bits per heavy atom. The number of halogens is 1. The first-order valence-corrected chi connectivity index (χ1v) is 11.8. The molecule has 158 valence electrons. The lowest BCUT2D eigenvalue weighted by Crippen LogP contribution is -2.12. The maximum Gasteiger partial charge on any atom is 0.167 e. The highest BCUT2D eigenvalue weighted by molar-refractivity contribution is 7.99. The van der Waals surface area contributed by atoms with Crippen molar-refractivity contribution in [2.24, 2.45) is 0 Å². The van der Waals surface area contributed by atoms with Gasteiger partial charge < -0.3 is 15.4 Å². The van der Waals surface area contributed by atoms with Crippen LogP contribution in [-0.4, -0.2) is 23.8 Å². The van der Waals surface area contributed by atoms with Gasteiger partial charge in [-0.25, -0.2) is 9.37 Å². The number of hydrogen-bond donors (Lipinski definition) is 2. The van der Waals surface area contributed by atoms with Gasteiger partial charge in [-0.05, 0) is 18.6 Å². The molecule has 0 unspecified atom stereocenters. The number of fused-ring (bicyclic) bond motifs is 1. The number of unbranched alkanes of at least 4 members (excludes halogenated alkanes) is 7. The van der Waals surface area contributed by atoms with Crippen LogP contribution in [0, 0.1) is 5.82 Å². The van der Waals surface area contributed by atoms with Gasteiger partial charge in [-0.3, -0.25) is 0 Å². The first kappa shape index (κ1) is 21.8. The maximum atomic E-state index is 14.5. The molecule has 4 nitrogen and oxygen atoms in total. The van der Waals surface area contributed by atoms with Crippen LogP contribution in [0.15, 0.2) is 35.4 Å². The number of hydrogen-bond acceptors (Lipinski definition) is 5. The molecule has 0 saturated heterocycles. The molecular formula is C23H32FN3OS. The fourth-order valence-corrected chi connectivity index (χ4v) is 4.32. The lowest BCUT2D eigenvalue weighted by atomic mass is 10.1. The predicted molar refractivity (Wildman–Crippen MR) is 121 cm³/mol. The van der Waals surface area contributed by atoms with Crippen LogP contribution in [0.3, 0.4) is 0 Å². The van der Waals surface area contributed by atoms with Gasteiger partial charge in [-0.15, -0.1) is 11.8 Å². The summed E-state index contributed by atoms with van der Waals surface area (Å²) in [6.07, 6.45) is 12.0. The topological polar surface area (TPSA) is 46.2 Å². The molecule has 1 aliphatic heterocycles. The Balaban J connectivity index is 1.44. The second-order valence-corrected chi connectivity index (χ2v) is 8.52. The largest absolute Gasteiger partial charge is 0.453 e. The molecule has 0 atom stereocenters. The third kappa shape index (κ3) is 6.81. The minimum atomic E-state index is -0.356. The number of ether oxygens (including phenoxy) is 1. The average Bonchev–Trinajstić information content (AvgIpc) is 2.74. The molecule has 1 aromatic carbocycles. The number of nitrogens with zero attached hydrogens (tertiary/aromatic N) is 1. The molecule has 2 heterocycles. The molecule has 0 aliphatic carbocycles. The van der Waals surface area contributed by atoms with Gasteiger partial charge in [0.25, 0.3) is 0 Å². The van der Waals surface area contributed by atoms with E-state index >= 15 is 0 Å². The van der Waals surface area contributed by atoms with Crippen LogP contribution in [0.2, 0.25) is 0 Å². The number of pyridine rings is 1. The normalized spacial score (nSPS) is 12.9. The molecule has 1 aromatic heterocycles. The molecule has 2 N–H and O–H groups in total. The summed E-state index contributed by atoms with van der Waals surface area (Å²) in [4.78, 5) is 5.26. The quantitative estimate of drug-likeness (QED) is 0.361. The van der Waals surface area contributed by atoms with E-state index in [0.29, 0.717) is 5.75 Å². The summed E-state index contributed by atoms with van der Waals surface area (Å²) in [5.74, 6) is 2.28. The predicted octanol–water partition coefficient (Wildman–Crippen LogP) is 7.08. The van der Waals surface area contributed by atoms with Crippen LogP contribution < -0.4 is 15.4 Å². The third-order valence-electron chi connectivity index (χ3n) is 5.02. The van der Waals surface area contributed by atoms with E-state index in [1.165, 1.54) is 51.0 Å². The number of rotatable bonds is 12. The van der Waals surface area contributed by atoms with Gasteiger partial charge in [0.2, 0.25) is 0 Å². The highest BCUT2D eigenvalue weighted by Gasteiger charge is 2.17. The molecule has 1 aliphatic rings. The zero-order valence-electron chi connectivity index (χ0n) is 17.3. The molecule has 0 amide bonds. The summed E-state index contributed by atoms with van der Waals surface area (Å²) in [5.41, 5.74) is 0.797. The highest BCUT2D eigenvalue weighted by Crippen LogP contribution is 2.39. The first-order chi connectivity index (χ1) is 14.3. The first-order valence-electron chi connectivity index (χ1n) is 10.8. The van der Waals surface area contributed by atoms with Crippen LogP contribution in [0.5, 0.6) is 11.5 Å². The number of nitrogens with one attached hydrogen (secondary N) is 2. The van der Waals surface area contributed by atoms with E-state index in [0.717, 1.165) is 41.7 Å². The third-order valence-corrected chi connectivity index (χ3v) is 6.11. The molecule has 0 saturated carbocycles. The van der Waals surface area contributed by atoms with Crippen molar-refractivity contribution in [1.29, 1.82) is 0 Å². The SMILES string of the molecule is CCCCCCCCCCNc1ccc(Oc2ccnc3c2SCCN3)c(F)c1. The standard InChI is InChI=1S/C23H32FN3OS/c1-2-3-4-5-6-7-8-9-13-25-18-10-11-20(19(24)17-18)28-21-12-14-26-23-22(21)29-16-15-27-23/h10-12,14,17,25H,2-9,13,15-16H2,1H3,(H,26,27). The van der Waals surface area contributed by atoms with E-state index in [4.69, 9.17) is 4.74 Å². The zero-order chi connectivity index (χ0) is 20.3. The summed E-state index contributed by atoms with van der Waals surface area (Å²) in [5, 5.41) is 6.56. The van der Waals surface area contributed by atoms with Gasteiger partial charge in [0.15, 0.2) is 11.6 Å². The van der Waals surface area contributed by atoms with E-state index in [1.54, 1.807) is 30.1 Å². The van der Waals surface area contributed by atoms with Crippen LogP contribution in [0.1, 0.15) is 58.3 Å². The average molecular weight is 418 g/mol. The fourth-order valence-electron chi connectivity index (χ4n) is 3.40. The van der Waals surface area contributed by atoms with Gasteiger partial charge >= 0.3 is 0 Å². The Hall–Kier alpha value is -1.95. The van der Waals surface area contributed by atoms with Crippen molar-refractivity contribution in [3.05, 3.63) is 36.3 Å². The van der Waals surface area contributed by atoms with Crippen molar-refractivity contribution >= 4 is 23.3 Å². The highest BCUT2D eigenvalue weighted by atomic mass is 32.2. The lowest BCUT2D eigenvalue weighted by molar-refractivity contribution is 0.433. The molecule has 6 heteroatoms. The summed E-state index contributed by atoms with van der Waals surface area (Å²) >= 11 is 1.68. The van der Waals surface area contributed by atoms with Gasteiger partial charge in [0, 0.05) is 42.9 Å². The Morgan fingerprint density at radius 1 is 1.07 bits per heavy atom. The summed E-state index contributed by atoms with van der Waals surface area (Å²) in [6, 6.07) is 6.87. The second-order valence-electron chi connectivity index (χ2n) is 7.41. The van der Waals surface area contributed by atoms with Crippen molar-refractivity contribution in [3.63, 3.8) is 0 Å². The Morgan fingerprint density at radius 2 is 1.86 bits per heavy atom. The number of thioether (sulfide) groups is 1. The summed E-state index contributed by atoms with van der Waals surface area (Å²) in [6.45, 7) is 3.99. The fraction of sp³-hybridized carbons (Fsp3) is 0.522. The van der Waals surface area contributed by atoms with Crippen LogP contribution in [0.4, 0.5) is 15.9 Å². The minimum Gasteiger partial charge on any atom is -0.453 e. The monoisotopic (exact) mass is 417 g/mol. The molecule has 0 spiro atoms. The molecule has 29 heavy (non-hydrogen) atoms. The van der Waals surface area contributed by atoms with E-state index in [9.17, 15) is 4.39 Å². The van der Waals surface area contributed by atoms with E-state index in [2.05, 4.69) is 22.5 Å². The van der Waals surface area contributed by atoms with E-state index in [1.807, 2.05) is 6.07 Å². The molecule has 0 radical (unpaired) electrons. The van der Waals surface area contributed by atoms with Gasteiger partial charge in [0.1, 0.15) is 11.6 Å². The summed E-state index contributed by atoms with van der Waals surface area (Å²) in [7, 11) is 0. The van der Waals surface area contributed by atoms with Crippen LogP contribution >= 0.6 is 11.8 Å². The van der Waals surface area contributed by atoms with Crippen molar-refractivity contribution in [2.75, 3.05) is 29.5 Å². The lowest BCUT2D eigenvalue weighted by Gasteiger charge is -2.19. The smallest absolute Gasteiger partial charge is 0.167 e. The molecule has 0 bridgehead atoms. The van der Waals surface area contributed by atoms with Crippen LogP contribution in [0.25, 0.3) is 0 Å². The van der Waals surface area contributed by atoms with E-state index < -0.39 is 0 Å². The van der Waals surface area contributed by atoms with Crippen molar-refractivity contribution in [2.45, 2.75) is 63.2 Å². The van der Waals surface area contributed by atoms with Gasteiger partial charge in [-0.2, -0.15) is 0 Å². The Bertz CT molecular complexity index is 772. The van der Waals surface area contributed by atoms with Gasteiger partial charge in [0.05, 0.1) is 4.90 Å². The summed E-state index contributed by atoms with van der Waals surface area (Å²) < 4.78 is 20.4. The minimum absolute atomic E-state index is 0.238. The van der Waals surface area contributed by atoms with Crippen molar-refractivity contribution in [1.82, 2.24) is 4.98 Å². The molecule has 2 aromatic rings. The Kier molecular flexibility index (Phi) is 8.93. The van der Waals surface area contributed by atoms with E-state index in [-0.39, 0.29) is 11.6 Å². The van der Waals surface area contributed by atoms with Crippen LogP contribution in [-0.2, 0) is 0 Å². The molecule has 3 rings (SSSR count). The molecule has 0 fully saturated rings. The number of benzene rings is 1. The van der Waals surface area contributed by atoms with Crippen molar-refractivity contribution < 1.29 is 9.13 Å². The Labute approximate surface area is 178 Å². The number of aromatic nitrogens is 1. The molecular weight excluding hydrogens is 385 g/mol. The maximum absolute atomic E-state index is 14.5. The van der Waals surface area contributed by atoms with Gasteiger partial charge in [-0.1, -0.05) is 51.9 Å². The second kappa shape index (κ2) is 11.9.